The maximum atomic E-state index is 11.0. The van der Waals surface area contributed by atoms with Crippen LogP contribution in [-0.4, -0.2) is 20.9 Å². The van der Waals surface area contributed by atoms with E-state index in [1.165, 1.54) is 38.1 Å². The largest absolute Gasteiger partial charge is 0.366 e. The van der Waals surface area contributed by atoms with Gasteiger partial charge in [0, 0.05) is 23.6 Å². The van der Waals surface area contributed by atoms with E-state index in [1.807, 2.05) is 0 Å². The van der Waals surface area contributed by atoms with E-state index in [9.17, 15) is 10.1 Å². The molecule has 2 fully saturated rings. The van der Waals surface area contributed by atoms with Crippen LogP contribution in [0.1, 0.15) is 25.7 Å². The molecule has 0 saturated heterocycles. The van der Waals surface area contributed by atoms with Crippen LogP contribution in [0.4, 0.5) is 11.5 Å². The predicted molar refractivity (Wildman–Crippen MR) is 79.1 cm³/mol. The Labute approximate surface area is 121 Å². The standard InChI is InChI=1S/C15H16N4O2/c20-19(21)11-5-6-13-12(7-11)15(17-8-16-13)18-14(9-1-2-9)10-3-4-10/h5-10,14H,1-4H2,(H,16,17,18). The highest BCUT2D eigenvalue weighted by Crippen LogP contribution is 2.46. The second-order valence-corrected chi connectivity index (χ2v) is 6.03. The lowest BCUT2D eigenvalue weighted by molar-refractivity contribution is -0.384. The number of nitro groups is 1. The second-order valence-electron chi connectivity index (χ2n) is 6.03. The van der Waals surface area contributed by atoms with Gasteiger partial charge in [-0.1, -0.05) is 0 Å². The van der Waals surface area contributed by atoms with E-state index in [2.05, 4.69) is 15.3 Å². The van der Waals surface area contributed by atoms with Crippen LogP contribution in [0.3, 0.4) is 0 Å². The van der Waals surface area contributed by atoms with E-state index >= 15 is 0 Å². The van der Waals surface area contributed by atoms with Gasteiger partial charge in [0.1, 0.15) is 12.1 Å². The molecule has 1 aromatic carbocycles. The van der Waals surface area contributed by atoms with Crippen LogP contribution < -0.4 is 5.32 Å². The number of hydrogen-bond acceptors (Lipinski definition) is 5. The minimum absolute atomic E-state index is 0.0785. The third-order valence-electron chi connectivity index (χ3n) is 4.39. The fourth-order valence-corrected chi connectivity index (χ4v) is 2.96. The highest BCUT2D eigenvalue weighted by Gasteiger charge is 2.41. The number of anilines is 1. The number of fused-ring (bicyclic) bond motifs is 1. The van der Waals surface area contributed by atoms with Gasteiger partial charge >= 0.3 is 0 Å². The zero-order valence-corrected chi connectivity index (χ0v) is 11.5. The third kappa shape index (κ3) is 2.41. The Morgan fingerprint density at radius 1 is 1.19 bits per heavy atom. The molecule has 0 atom stereocenters. The Bertz CT molecular complexity index is 698. The molecule has 0 bridgehead atoms. The highest BCUT2D eigenvalue weighted by molar-refractivity contribution is 5.90. The smallest absolute Gasteiger partial charge is 0.270 e. The van der Waals surface area contributed by atoms with Crippen molar-refractivity contribution in [3.63, 3.8) is 0 Å². The molecule has 0 unspecified atom stereocenters. The molecular formula is C15H16N4O2. The summed E-state index contributed by atoms with van der Waals surface area (Å²) < 4.78 is 0. The van der Waals surface area contributed by atoms with Gasteiger partial charge in [-0.15, -0.1) is 0 Å². The quantitative estimate of drug-likeness (QED) is 0.673. The van der Waals surface area contributed by atoms with Crippen molar-refractivity contribution in [2.75, 3.05) is 5.32 Å². The lowest BCUT2D eigenvalue weighted by atomic mass is 10.1. The van der Waals surface area contributed by atoms with E-state index < -0.39 is 0 Å². The number of hydrogen-bond donors (Lipinski definition) is 1. The zero-order chi connectivity index (χ0) is 14.4. The summed E-state index contributed by atoms with van der Waals surface area (Å²) in [6.07, 6.45) is 6.62. The molecule has 0 spiro atoms. The number of rotatable bonds is 5. The summed E-state index contributed by atoms with van der Waals surface area (Å²) in [7, 11) is 0. The molecule has 6 heteroatoms. The maximum Gasteiger partial charge on any atom is 0.270 e. The minimum atomic E-state index is -0.379. The van der Waals surface area contributed by atoms with Crippen molar-refractivity contribution in [3.8, 4) is 0 Å². The first-order chi connectivity index (χ1) is 10.2. The molecule has 1 heterocycles. The van der Waals surface area contributed by atoms with Gasteiger partial charge in [0.05, 0.1) is 10.4 Å². The molecule has 2 saturated carbocycles. The minimum Gasteiger partial charge on any atom is -0.366 e. The van der Waals surface area contributed by atoms with Crippen LogP contribution in [0.15, 0.2) is 24.5 Å². The van der Waals surface area contributed by atoms with Crippen molar-refractivity contribution in [2.24, 2.45) is 11.8 Å². The van der Waals surface area contributed by atoms with Crippen molar-refractivity contribution in [1.29, 1.82) is 0 Å². The highest BCUT2D eigenvalue weighted by atomic mass is 16.6. The molecule has 6 nitrogen and oxygen atoms in total. The number of nitrogens with one attached hydrogen (secondary N) is 1. The number of non-ortho nitro benzene ring substituents is 1. The van der Waals surface area contributed by atoms with Gasteiger partial charge in [-0.3, -0.25) is 10.1 Å². The van der Waals surface area contributed by atoms with E-state index in [0.29, 0.717) is 6.04 Å². The number of nitrogens with zero attached hydrogens (tertiary/aromatic N) is 3. The van der Waals surface area contributed by atoms with Gasteiger partial charge in [-0.25, -0.2) is 9.97 Å². The average Bonchev–Trinajstić information content (AvgIpc) is 3.38. The molecule has 1 aromatic heterocycles. The Hall–Kier alpha value is -2.24. The summed E-state index contributed by atoms with van der Waals surface area (Å²) >= 11 is 0. The molecule has 0 amide bonds. The lowest BCUT2D eigenvalue weighted by Crippen LogP contribution is -2.25. The maximum absolute atomic E-state index is 11.0. The SMILES string of the molecule is O=[N+]([O-])c1ccc2ncnc(NC(C3CC3)C3CC3)c2c1. The molecule has 4 rings (SSSR count). The van der Waals surface area contributed by atoms with E-state index in [0.717, 1.165) is 28.6 Å². The summed E-state index contributed by atoms with van der Waals surface area (Å²) in [6.45, 7) is 0. The summed E-state index contributed by atoms with van der Waals surface area (Å²) in [6, 6.07) is 5.19. The van der Waals surface area contributed by atoms with Crippen molar-refractivity contribution < 1.29 is 4.92 Å². The Balaban J connectivity index is 1.72. The molecule has 21 heavy (non-hydrogen) atoms. The van der Waals surface area contributed by atoms with Crippen molar-refractivity contribution in [2.45, 2.75) is 31.7 Å². The second kappa shape index (κ2) is 4.65. The van der Waals surface area contributed by atoms with Crippen molar-refractivity contribution in [1.82, 2.24) is 9.97 Å². The Kier molecular flexibility index (Phi) is 2.77. The predicted octanol–water partition coefficient (Wildman–Crippen LogP) is 3.14. The van der Waals surface area contributed by atoms with Crippen LogP contribution in [0.2, 0.25) is 0 Å². The molecule has 0 radical (unpaired) electrons. The van der Waals surface area contributed by atoms with Gasteiger partial charge < -0.3 is 5.32 Å². The first kappa shape index (κ1) is 12.5. The Morgan fingerprint density at radius 3 is 2.52 bits per heavy atom. The van der Waals surface area contributed by atoms with E-state index in [-0.39, 0.29) is 10.6 Å². The van der Waals surface area contributed by atoms with Gasteiger partial charge in [-0.05, 0) is 43.6 Å². The topological polar surface area (TPSA) is 81.0 Å². The van der Waals surface area contributed by atoms with Crippen LogP contribution in [0.5, 0.6) is 0 Å². The summed E-state index contributed by atoms with van der Waals surface area (Å²) in [5.74, 6) is 2.20. The molecule has 0 aliphatic heterocycles. The summed E-state index contributed by atoms with van der Waals surface area (Å²) in [5, 5.41) is 15.2. The van der Waals surface area contributed by atoms with Gasteiger partial charge in [0.2, 0.25) is 0 Å². The van der Waals surface area contributed by atoms with Gasteiger partial charge in [0.25, 0.3) is 5.69 Å². The fourth-order valence-electron chi connectivity index (χ4n) is 2.96. The van der Waals surface area contributed by atoms with Gasteiger partial charge in [0.15, 0.2) is 0 Å². The average molecular weight is 284 g/mol. The van der Waals surface area contributed by atoms with Crippen LogP contribution in [0, 0.1) is 22.0 Å². The fraction of sp³-hybridized carbons (Fsp3) is 0.467. The summed E-state index contributed by atoms with van der Waals surface area (Å²) in [4.78, 5) is 19.1. The lowest BCUT2D eigenvalue weighted by Gasteiger charge is -2.19. The van der Waals surface area contributed by atoms with Crippen LogP contribution in [0.25, 0.3) is 10.9 Å². The summed E-state index contributed by atoms with van der Waals surface area (Å²) in [5.41, 5.74) is 0.818. The number of aromatic nitrogens is 2. The third-order valence-corrected chi connectivity index (χ3v) is 4.39. The van der Waals surface area contributed by atoms with E-state index in [4.69, 9.17) is 0 Å². The van der Waals surface area contributed by atoms with Crippen molar-refractivity contribution >= 4 is 22.4 Å². The van der Waals surface area contributed by atoms with E-state index in [1.54, 1.807) is 12.1 Å². The van der Waals surface area contributed by atoms with Crippen molar-refractivity contribution in [3.05, 3.63) is 34.6 Å². The molecule has 2 aliphatic rings. The molecule has 2 aromatic rings. The van der Waals surface area contributed by atoms with Gasteiger partial charge in [-0.2, -0.15) is 0 Å². The van der Waals surface area contributed by atoms with Crippen LogP contribution in [-0.2, 0) is 0 Å². The zero-order valence-electron chi connectivity index (χ0n) is 11.5. The Morgan fingerprint density at radius 2 is 1.90 bits per heavy atom. The molecule has 1 N–H and O–H groups in total. The normalized spacial score (nSPS) is 18.1. The number of benzene rings is 1. The molecule has 2 aliphatic carbocycles. The first-order valence-corrected chi connectivity index (χ1v) is 7.38. The molecule has 108 valence electrons. The number of nitro benzene ring substituents is 1. The monoisotopic (exact) mass is 284 g/mol. The van der Waals surface area contributed by atoms with Crippen LogP contribution >= 0.6 is 0 Å². The molecular weight excluding hydrogens is 268 g/mol. The first-order valence-electron chi connectivity index (χ1n) is 7.38.